The Kier molecular flexibility index (Phi) is 34.6. The molecule has 0 spiro atoms. The Hall–Kier alpha value is -1.02. The van der Waals surface area contributed by atoms with Crippen LogP contribution in [0.15, 0.2) is 0 Å². The molecule has 3 aromatic rings. The van der Waals surface area contributed by atoms with Gasteiger partial charge in [-0.2, -0.15) is 0 Å². The molecule has 30 nitrogen and oxygen atoms in total. The van der Waals surface area contributed by atoms with E-state index in [9.17, 15) is 104 Å². The van der Waals surface area contributed by atoms with Crippen LogP contribution in [0.2, 0.25) is 0 Å². The second-order valence-corrected chi connectivity index (χ2v) is 29.4. The van der Waals surface area contributed by atoms with Gasteiger partial charge in [-0.25, -0.2) is 0 Å². The third kappa shape index (κ3) is 21.0. The van der Waals surface area contributed by atoms with E-state index >= 15 is 0 Å². The van der Waals surface area contributed by atoms with Gasteiger partial charge in [-0.3, -0.25) is 43.2 Å². The van der Waals surface area contributed by atoms with Crippen LogP contribution in [0.5, 0.6) is 0 Å². The molecule has 0 saturated carbocycles. The maximum atomic E-state index is 14.9. The average molecular weight is 2270 g/mol. The normalized spacial score (nSPS) is 14.0. The molecule has 6 unspecified atom stereocenters. The van der Waals surface area contributed by atoms with Gasteiger partial charge in [-0.05, 0) is 203 Å². The van der Waals surface area contributed by atoms with E-state index in [-0.39, 0.29) is 82.6 Å². The van der Waals surface area contributed by atoms with Gasteiger partial charge < -0.3 is 108 Å². The summed E-state index contributed by atoms with van der Waals surface area (Å²) in [5.41, 5.74) is -3.37. The van der Waals surface area contributed by atoms with Crippen LogP contribution in [0.1, 0.15) is 69.1 Å². The summed E-state index contributed by atoms with van der Waals surface area (Å²) in [6.45, 7) is -6.48. The van der Waals surface area contributed by atoms with Crippen molar-refractivity contribution >= 4 is 274 Å². The number of nitrogens with one attached hydrogen (secondary N) is 6. The van der Waals surface area contributed by atoms with Gasteiger partial charge in [0, 0.05) is 76.5 Å². The van der Waals surface area contributed by atoms with Crippen LogP contribution in [0.3, 0.4) is 0 Å². The Bertz CT molecular complexity index is 2880. The lowest BCUT2D eigenvalue weighted by molar-refractivity contribution is -0.126. The zero-order chi connectivity index (χ0) is 68.0. The Balaban J connectivity index is 2.42. The predicted molar refractivity (Wildman–Crippen MR) is 394 cm³/mol. The minimum absolute atomic E-state index is 0.00329. The Morgan fingerprint density at radius 2 is 0.562 bits per heavy atom. The lowest BCUT2D eigenvalue weighted by atomic mass is 9.89. The number of aliphatic hydroxyl groups excluding tert-OH is 12. The Morgan fingerprint density at radius 1 is 0.360 bits per heavy atom. The molecule has 0 radical (unpaired) electrons. The number of halogens is 9. The number of carbonyl (C=O) groups is 9. The number of carbonyl (C=O) groups excluding carboxylic acids is 9. The molecule has 0 aliphatic rings. The fourth-order valence-electron chi connectivity index (χ4n) is 7.63. The molecule has 494 valence electrons. The van der Waals surface area contributed by atoms with E-state index in [1.54, 1.807) is 203 Å². The number of anilines is 3. The number of likely N-dealkylation sites (N-methyl/N-ethyl adjacent to an activating group) is 3. The number of hydrogen-bond acceptors (Lipinski definition) is 21. The van der Waals surface area contributed by atoms with Crippen molar-refractivity contribution in [3.8, 4) is 0 Å². The quantitative estimate of drug-likeness (QED) is 0.0351. The molecule has 0 saturated heterocycles. The SMILES string of the molecule is CN(CC(O)CO)C(=O)c1c(I)c(NC(=O)C(O)CO)c(I)c(C(=O)NCC(C)(CNC(=O)c2c(I)c(NC(=O)C(O)CO)c(I)c(C(=O)N(C)CC(O)CO)c2I)CNC(=O)c2c(I)c(NC(=O)C(O)CO)c(I)c(C(=O)N(C)CC(O)CO)c2I)c1I. The first-order valence-corrected chi connectivity index (χ1v) is 35.1. The predicted octanol–water partition coefficient (Wildman–Crippen LogP) is -1.13. The van der Waals surface area contributed by atoms with Gasteiger partial charge in [0.2, 0.25) is 0 Å². The summed E-state index contributed by atoms with van der Waals surface area (Å²) in [5, 5.41) is 135. The van der Waals surface area contributed by atoms with Crippen molar-refractivity contribution in [3.63, 3.8) is 0 Å². The van der Waals surface area contributed by atoms with Crippen molar-refractivity contribution in [2.24, 2.45) is 5.41 Å². The number of aliphatic hydroxyl groups is 12. The fraction of sp³-hybridized carbons (Fsp3) is 0.460. The molecule has 9 amide bonds. The van der Waals surface area contributed by atoms with E-state index in [1.807, 2.05) is 0 Å². The molecule has 0 heterocycles. The summed E-state index contributed by atoms with van der Waals surface area (Å²) >= 11 is 15.5. The molecule has 0 fully saturated rings. The largest absolute Gasteiger partial charge is 0.394 e. The number of rotatable bonds is 30. The van der Waals surface area contributed by atoms with Crippen molar-refractivity contribution in [2.45, 2.75) is 43.5 Å². The van der Waals surface area contributed by atoms with Gasteiger partial charge in [0.15, 0.2) is 18.3 Å². The molecular weight excluding hydrogens is 2200 g/mol. The lowest BCUT2D eigenvalue weighted by Crippen LogP contribution is -2.50. The van der Waals surface area contributed by atoms with Gasteiger partial charge in [-0.1, -0.05) is 6.92 Å². The standard InChI is InChI=1S/C50H60I9N9O21/c1-50(14-60-44(84)23-29(51)26(47(87)66(2)5-17(75)8-69)35(57)38(32(23)54)63-41(81)20(78)11-72,15-61-45(85)24-30(52)27(48(88)67(3)6-18(76)9-70)36(58)39(33(24)55)64-42(82)21(79)12-73)16-62-46(86)25-31(53)28(49(89)68(4)7-19(77)10-71)37(59)40(34(25)56)65-43(83)22(80)13-74/h17-22,69-80H,5-16H2,1-4H3,(H,60,84)(H,61,85)(H,62,86)(H,63,81)(H,64,82)(H,65,83). The third-order valence-corrected chi connectivity index (χ3v) is 22.3. The van der Waals surface area contributed by atoms with Crippen molar-refractivity contribution in [1.29, 1.82) is 0 Å². The van der Waals surface area contributed by atoms with E-state index in [2.05, 4.69) is 31.9 Å². The minimum atomic E-state index is -1.96. The number of nitrogens with zero attached hydrogens (tertiary/aromatic N) is 3. The molecule has 3 aromatic carbocycles. The molecular formula is C50H60I9N9O21. The number of hydrogen-bond donors (Lipinski definition) is 18. The number of benzene rings is 3. The molecule has 6 atom stereocenters. The maximum absolute atomic E-state index is 14.9. The highest BCUT2D eigenvalue weighted by atomic mass is 127. The van der Waals surface area contributed by atoms with Crippen molar-refractivity contribution < 1.29 is 104 Å². The molecule has 18 N–H and O–H groups in total. The molecule has 0 aliphatic carbocycles. The third-order valence-electron chi connectivity index (χ3n) is 12.6. The summed E-state index contributed by atoms with van der Waals surface area (Å²) in [6, 6.07) is 0. The zero-order valence-corrected chi connectivity index (χ0v) is 66.2. The average Bonchev–Trinajstić information content (AvgIpc) is 1.51. The fourth-order valence-corrected chi connectivity index (χ4v) is 20.8. The molecule has 0 aromatic heterocycles. The van der Waals surface area contributed by atoms with Crippen LogP contribution in [0.25, 0.3) is 0 Å². The topological polar surface area (TPSA) is 478 Å². The summed E-state index contributed by atoms with van der Waals surface area (Å²) in [7, 11) is 3.89. The van der Waals surface area contributed by atoms with Crippen molar-refractivity contribution in [1.82, 2.24) is 30.7 Å². The first-order chi connectivity index (χ1) is 41.5. The highest BCUT2D eigenvalue weighted by Gasteiger charge is 2.38. The van der Waals surface area contributed by atoms with Crippen LogP contribution in [-0.4, -0.2) is 266 Å². The molecule has 0 bridgehead atoms. The molecule has 39 heteroatoms. The minimum Gasteiger partial charge on any atom is -0.394 e. The van der Waals surface area contributed by atoms with Crippen LogP contribution < -0.4 is 31.9 Å². The Morgan fingerprint density at radius 3 is 0.753 bits per heavy atom. The van der Waals surface area contributed by atoms with Gasteiger partial charge in [0.1, 0.15) is 0 Å². The van der Waals surface area contributed by atoms with Crippen molar-refractivity contribution in [2.75, 3.05) is 116 Å². The van der Waals surface area contributed by atoms with Crippen molar-refractivity contribution in [3.05, 3.63) is 65.5 Å². The van der Waals surface area contributed by atoms with E-state index in [1.165, 1.54) is 28.1 Å². The van der Waals surface area contributed by atoms with Gasteiger partial charge in [0.25, 0.3) is 53.2 Å². The van der Waals surface area contributed by atoms with Gasteiger partial charge >= 0.3 is 0 Å². The van der Waals surface area contributed by atoms with E-state index < -0.39 is 174 Å². The zero-order valence-electron chi connectivity index (χ0n) is 46.7. The molecule has 89 heavy (non-hydrogen) atoms. The molecule has 3 rings (SSSR count). The van der Waals surface area contributed by atoms with Crippen LogP contribution in [-0.2, 0) is 14.4 Å². The highest BCUT2D eigenvalue weighted by Crippen LogP contribution is 2.40. The van der Waals surface area contributed by atoms with E-state index in [0.29, 0.717) is 0 Å². The Labute approximate surface area is 630 Å². The summed E-state index contributed by atoms with van der Waals surface area (Å²) < 4.78 is 0.139. The van der Waals surface area contributed by atoms with Crippen LogP contribution in [0.4, 0.5) is 17.1 Å². The maximum Gasteiger partial charge on any atom is 0.255 e. The van der Waals surface area contributed by atoms with Gasteiger partial charge in [-0.15, -0.1) is 0 Å². The monoisotopic (exact) mass is 2260 g/mol. The second kappa shape index (κ2) is 37.5. The first-order valence-electron chi connectivity index (χ1n) is 25.4. The summed E-state index contributed by atoms with van der Waals surface area (Å²) in [6.07, 6.45) is -10.1. The van der Waals surface area contributed by atoms with E-state index in [4.69, 9.17) is 0 Å². The smallest absolute Gasteiger partial charge is 0.255 e. The first kappa shape index (κ1) is 82.2. The van der Waals surface area contributed by atoms with Gasteiger partial charge in [0.05, 0.1) is 130 Å². The molecule has 0 aliphatic heterocycles. The van der Waals surface area contributed by atoms with Crippen LogP contribution in [0, 0.1) is 37.5 Å². The highest BCUT2D eigenvalue weighted by molar-refractivity contribution is 14.1. The summed E-state index contributed by atoms with van der Waals surface area (Å²) in [5.74, 6) is -8.63. The summed E-state index contributed by atoms with van der Waals surface area (Å²) in [4.78, 5) is 130. The van der Waals surface area contributed by atoms with Crippen LogP contribution >= 0.6 is 203 Å². The number of amides is 9. The lowest BCUT2D eigenvalue weighted by Gasteiger charge is -2.32. The second-order valence-electron chi connectivity index (χ2n) is 19.7. The van der Waals surface area contributed by atoms with E-state index in [0.717, 1.165) is 14.7 Å².